The van der Waals surface area contributed by atoms with Crippen molar-refractivity contribution in [3.8, 4) is 0 Å². The molecule has 29 heavy (non-hydrogen) atoms. The zero-order valence-corrected chi connectivity index (χ0v) is 21.5. The van der Waals surface area contributed by atoms with E-state index >= 15 is 0 Å². The Morgan fingerprint density at radius 3 is 1.72 bits per heavy atom. The monoisotopic (exact) mass is 438 g/mol. The average Bonchev–Trinajstić information content (AvgIpc) is 3.14. The molecule has 0 aromatic rings. The third kappa shape index (κ3) is 5.33. The molecular weight excluding hydrogens is 394 g/mol. The van der Waals surface area contributed by atoms with E-state index in [0.29, 0.717) is 10.3 Å². The molecule has 4 nitrogen and oxygen atoms in total. The minimum atomic E-state index is -0.162. The predicted octanol–water partition coefficient (Wildman–Crippen LogP) is 3.75. The van der Waals surface area contributed by atoms with E-state index in [-0.39, 0.29) is 25.4 Å². The van der Waals surface area contributed by atoms with Crippen molar-refractivity contribution in [2.24, 2.45) is 0 Å². The van der Waals surface area contributed by atoms with Crippen molar-refractivity contribution in [2.45, 2.75) is 88.6 Å². The summed E-state index contributed by atoms with van der Waals surface area (Å²) in [6.45, 7) is 19.0. The van der Waals surface area contributed by atoms with Gasteiger partial charge in [-0.15, -0.1) is 9.24 Å². The molecule has 2 fully saturated rings. The molecule has 6 heteroatoms. The molecule has 2 saturated heterocycles. The van der Waals surface area contributed by atoms with Crippen molar-refractivity contribution >= 4 is 17.2 Å². The van der Waals surface area contributed by atoms with Crippen molar-refractivity contribution in [1.82, 2.24) is 21.3 Å². The van der Waals surface area contributed by atoms with Crippen molar-refractivity contribution < 1.29 is 0 Å². The molecule has 166 valence electrons. The van der Waals surface area contributed by atoms with Crippen LogP contribution in [0.25, 0.3) is 0 Å². The second kappa shape index (κ2) is 9.35. The van der Waals surface area contributed by atoms with Crippen molar-refractivity contribution in [1.29, 1.82) is 0 Å². The van der Waals surface area contributed by atoms with E-state index < -0.39 is 0 Å². The number of rotatable bonds is 5. The third-order valence-corrected chi connectivity index (χ3v) is 11.5. The van der Waals surface area contributed by atoms with Gasteiger partial charge in [0.2, 0.25) is 0 Å². The summed E-state index contributed by atoms with van der Waals surface area (Å²) in [6, 6.07) is 0. The molecule has 2 aliphatic heterocycles. The molecule has 0 aromatic carbocycles. The molecule has 1 atom stereocenters. The Morgan fingerprint density at radius 2 is 1.31 bits per heavy atom. The van der Waals surface area contributed by atoms with E-state index in [4.69, 9.17) is 0 Å². The topological polar surface area (TPSA) is 48.1 Å². The van der Waals surface area contributed by atoms with Crippen molar-refractivity contribution in [2.75, 3.05) is 32.3 Å². The maximum atomic E-state index is 3.80. The SMILES string of the molecule is CC(C)(C)P(CC1=C(C(P)(C2NCCCN2)C2NCCCN2)CC=C1)C(C)(C)C. The number of hydrogen-bond acceptors (Lipinski definition) is 4. The van der Waals surface area contributed by atoms with Gasteiger partial charge in [-0.05, 0) is 73.1 Å². The first-order chi connectivity index (χ1) is 13.5. The molecular formula is C23H44N4P2. The molecule has 1 aliphatic carbocycles. The fraction of sp³-hybridized carbons (Fsp3) is 0.826. The smallest absolute Gasteiger partial charge is 0.0732 e. The highest BCUT2D eigenvalue weighted by Gasteiger charge is 2.47. The highest BCUT2D eigenvalue weighted by molar-refractivity contribution is 7.61. The Balaban J connectivity index is 1.98. The van der Waals surface area contributed by atoms with Crippen molar-refractivity contribution in [3.63, 3.8) is 0 Å². The third-order valence-electron chi connectivity index (χ3n) is 6.56. The Hall–Kier alpha value is 0.180. The summed E-state index contributed by atoms with van der Waals surface area (Å²) in [5.41, 5.74) is 3.18. The van der Waals surface area contributed by atoms with Gasteiger partial charge in [0.15, 0.2) is 0 Å². The number of allylic oxidation sites excluding steroid dienone is 3. The van der Waals surface area contributed by atoms with Gasteiger partial charge in [0.25, 0.3) is 0 Å². The van der Waals surface area contributed by atoms with E-state index in [1.54, 1.807) is 11.1 Å². The van der Waals surface area contributed by atoms with Gasteiger partial charge in [-0.1, -0.05) is 61.6 Å². The lowest BCUT2D eigenvalue weighted by atomic mass is 9.86. The number of nitrogens with one attached hydrogen (secondary N) is 4. The van der Waals surface area contributed by atoms with Crippen LogP contribution < -0.4 is 21.3 Å². The lowest BCUT2D eigenvalue weighted by molar-refractivity contribution is 0.227. The second-order valence-corrected chi connectivity index (χ2v) is 15.7. The minimum absolute atomic E-state index is 0.0730. The Kier molecular flexibility index (Phi) is 7.69. The summed E-state index contributed by atoms with van der Waals surface area (Å²) in [5.74, 6) is 0. The van der Waals surface area contributed by atoms with Crippen LogP contribution >= 0.6 is 17.2 Å². The first-order valence-corrected chi connectivity index (χ1v) is 13.5. The summed E-state index contributed by atoms with van der Waals surface area (Å²) in [5, 5.41) is 15.8. The fourth-order valence-corrected chi connectivity index (χ4v) is 9.67. The first-order valence-electron chi connectivity index (χ1n) is 11.4. The largest absolute Gasteiger partial charge is 0.301 e. The lowest BCUT2D eigenvalue weighted by Crippen LogP contribution is -2.71. The molecule has 3 aliphatic rings. The predicted molar refractivity (Wildman–Crippen MR) is 133 cm³/mol. The van der Waals surface area contributed by atoms with E-state index in [1.807, 2.05) is 0 Å². The maximum Gasteiger partial charge on any atom is 0.0732 e. The van der Waals surface area contributed by atoms with Crippen LogP contribution in [0.3, 0.4) is 0 Å². The molecule has 1 unspecified atom stereocenters. The molecule has 0 saturated carbocycles. The fourth-order valence-electron chi connectivity index (χ4n) is 5.30. The summed E-state index contributed by atoms with van der Waals surface area (Å²) in [4.78, 5) is 0. The van der Waals surface area contributed by atoms with Crippen LogP contribution in [-0.2, 0) is 0 Å². The molecule has 3 rings (SSSR count). The van der Waals surface area contributed by atoms with Crippen LogP contribution in [0.4, 0.5) is 0 Å². The van der Waals surface area contributed by atoms with Gasteiger partial charge in [0.1, 0.15) is 0 Å². The molecule has 4 N–H and O–H groups in total. The van der Waals surface area contributed by atoms with Gasteiger partial charge in [-0.3, -0.25) is 0 Å². The van der Waals surface area contributed by atoms with Crippen molar-refractivity contribution in [3.05, 3.63) is 23.3 Å². The number of hydrogen-bond donors (Lipinski definition) is 4. The Morgan fingerprint density at radius 1 is 0.862 bits per heavy atom. The first kappa shape index (κ1) is 23.8. The minimum Gasteiger partial charge on any atom is -0.301 e. The molecule has 0 spiro atoms. The molecule has 0 radical (unpaired) electrons. The van der Waals surface area contributed by atoms with Gasteiger partial charge in [-0.2, -0.15) is 0 Å². The average molecular weight is 439 g/mol. The van der Waals surface area contributed by atoms with E-state index in [0.717, 1.165) is 32.6 Å². The van der Waals surface area contributed by atoms with Gasteiger partial charge in [0, 0.05) is 0 Å². The summed E-state index contributed by atoms with van der Waals surface area (Å²) in [7, 11) is 3.14. The quantitative estimate of drug-likeness (QED) is 0.494. The van der Waals surface area contributed by atoms with Gasteiger partial charge in [0.05, 0.1) is 17.5 Å². The van der Waals surface area contributed by atoms with E-state index in [9.17, 15) is 0 Å². The van der Waals surface area contributed by atoms with Gasteiger partial charge in [-0.25, -0.2) is 0 Å². The summed E-state index contributed by atoms with van der Waals surface area (Å²) in [6.07, 6.45) is 10.0. The molecule has 0 bridgehead atoms. The Bertz CT molecular complexity index is 586. The van der Waals surface area contributed by atoms with E-state index in [1.165, 1.54) is 19.0 Å². The van der Waals surface area contributed by atoms with Crippen LogP contribution in [0, 0.1) is 0 Å². The van der Waals surface area contributed by atoms with Crippen LogP contribution in [0.1, 0.15) is 60.8 Å². The van der Waals surface area contributed by atoms with Gasteiger partial charge >= 0.3 is 0 Å². The standard InChI is InChI=1S/C23H44N4P2/c1-21(2,3)29(22(4,5)6)16-17-10-7-11-18(17)23(28,19-24-12-8-13-25-19)20-26-14-9-15-27-20/h7,10,19-20,24-27H,8-9,11-16,28H2,1-6H3. The molecule has 0 aromatic heterocycles. The van der Waals surface area contributed by atoms with E-state index in [2.05, 4.69) is 84.2 Å². The molecule has 0 amide bonds. The van der Waals surface area contributed by atoms with Crippen LogP contribution in [-0.4, -0.2) is 60.1 Å². The second-order valence-electron chi connectivity index (χ2n) is 10.9. The van der Waals surface area contributed by atoms with Crippen LogP contribution in [0.2, 0.25) is 0 Å². The molecule has 2 heterocycles. The maximum absolute atomic E-state index is 3.80. The summed E-state index contributed by atoms with van der Waals surface area (Å²) < 4.78 is 0. The summed E-state index contributed by atoms with van der Waals surface area (Å²) >= 11 is 0. The normalized spacial score (nSPS) is 23.4. The zero-order valence-electron chi connectivity index (χ0n) is 19.5. The highest BCUT2D eigenvalue weighted by atomic mass is 31.1. The highest BCUT2D eigenvalue weighted by Crippen LogP contribution is 2.61. The van der Waals surface area contributed by atoms with Crippen LogP contribution in [0.5, 0.6) is 0 Å². The lowest BCUT2D eigenvalue weighted by Gasteiger charge is -2.49. The zero-order chi connectivity index (χ0) is 21.3. The Labute approximate surface area is 182 Å². The van der Waals surface area contributed by atoms with Gasteiger partial charge < -0.3 is 21.3 Å². The van der Waals surface area contributed by atoms with Crippen LogP contribution in [0.15, 0.2) is 23.3 Å².